The Hall–Kier alpha value is -0.510. The molecule has 0 saturated heterocycles. The lowest BCUT2D eigenvalue weighted by Crippen LogP contribution is -1.66. The number of hydrogen-bond donors (Lipinski definition) is 0. The van der Waals surface area contributed by atoms with Crippen LogP contribution in [0.2, 0.25) is 0 Å². The molecule has 0 spiro atoms. The summed E-state index contributed by atoms with van der Waals surface area (Å²) in [5.41, 5.74) is 0. The van der Waals surface area contributed by atoms with Crippen LogP contribution in [0.1, 0.15) is 33.1 Å². The van der Waals surface area contributed by atoms with Crippen molar-refractivity contribution in [2.45, 2.75) is 33.1 Å². The molecule has 0 rings (SSSR count). The van der Waals surface area contributed by atoms with Gasteiger partial charge in [-0.05, 0) is 6.42 Å². The van der Waals surface area contributed by atoms with Crippen LogP contribution in [0.4, 0.5) is 0 Å². The predicted octanol–water partition coefficient (Wildman–Crippen LogP) is 2.53. The third kappa shape index (κ3) is 5.49. The second kappa shape index (κ2) is 6.49. The molecule has 0 aromatic rings. The molecule has 0 fully saturated rings. The Morgan fingerprint density at radius 1 is 1.38 bits per heavy atom. The topological polar surface area (TPSA) is 4.36 Å². The van der Waals surface area contributed by atoms with Gasteiger partial charge in [-0.25, -0.2) is 0 Å². The van der Waals surface area contributed by atoms with Gasteiger partial charge in [0.1, 0.15) is 0 Å². The van der Waals surface area contributed by atoms with Crippen LogP contribution in [0.25, 0.3) is 4.85 Å². The van der Waals surface area contributed by atoms with Crippen LogP contribution in [0.15, 0.2) is 0 Å². The van der Waals surface area contributed by atoms with Gasteiger partial charge in [-0.2, -0.15) is 0 Å². The summed E-state index contributed by atoms with van der Waals surface area (Å²) < 4.78 is 0. The predicted molar refractivity (Wildman–Crippen MR) is 37.3 cm³/mol. The summed E-state index contributed by atoms with van der Waals surface area (Å²) in [5, 5.41) is 0. The zero-order valence-electron chi connectivity index (χ0n) is 5.78. The van der Waals surface area contributed by atoms with E-state index < -0.39 is 0 Å². The first kappa shape index (κ1) is 7.49. The first-order chi connectivity index (χ1) is 3.91. The van der Waals surface area contributed by atoms with Gasteiger partial charge < -0.3 is 0 Å². The Morgan fingerprint density at radius 3 is 2.62 bits per heavy atom. The van der Waals surface area contributed by atoms with Crippen LogP contribution in [0.5, 0.6) is 0 Å². The molecule has 0 heterocycles. The van der Waals surface area contributed by atoms with Gasteiger partial charge in [0.15, 0.2) is 0 Å². The van der Waals surface area contributed by atoms with E-state index in [4.69, 9.17) is 0 Å². The van der Waals surface area contributed by atoms with Crippen LogP contribution in [-0.2, 0) is 0 Å². The molecular formula is C7H14N+. The van der Waals surface area contributed by atoms with Gasteiger partial charge in [0, 0.05) is 6.92 Å². The van der Waals surface area contributed by atoms with Crippen molar-refractivity contribution in [2.24, 2.45) is 0 Å². The number of nitrogens with zero attached hydrogens (tertiary/aromatic N) is 1. The van der Waals surface area contributed by atoms with Gasteiger partial charge in [0.2, 0.25) is 0 Å². The standard InChI is InChI=1S/C7H14N/c1-3-5-6-7-8-4-2/h3-6H2,1-2H3/q+1. The molecule has 0 bridgehead atoms. The van der Waals surface area contributed by atoms with Crippen LogP contribution >= 0.6 is 0 Å². The van der Waals surface area contributed by atoms with E-state index in [1.165, 1.54) is 12.8 Å². The van der Waals surface area contributed by atoms with Crippen molar-refractivity contribution in [3.05, 3.63) is 4.85 Å². The van der Waals surface area contributed by atoms with Crippen molar-refractivity contribution in [3.8, 4) is 6.07 Å². The van der Waals surface area contributed by atoms with Gasteiger partial charge in [-0.1, -0.05) is 18.2 Å². The Bertz CT molecular complexity index is 86.3. The summed E-state index contributed by atoms with van der Waals surface area (Å²) in [4.78, 5) is 3.96. The Kier molecular flexibility index (Phi) is 6.08. The monoisotopic (exact) mass is 112 g/mol. The molecule has 46 valence electrons. The fourth-order valence-corrected chi connectivity index (χ4v) is 0.447. The van der Waals surface area contributed by atoms with Crippen molar-refractivity contribution in [2.75, 3.05) is 6.54 Å². The summed E-state index contributed by atoms with van der Waals surface area (Å²) in [7, 11) is 0. The van der Waals surface area contributed by atoms with Crippen LogP contribution in [0, 0.1) is 6.07 Å². The fourth-order valence-electron chi connectivity index (χ4n) is 0.447. The minimum atomic E-state index is 0.879. The molecular weight excluding hydrogens is 98.1 g/mol. The van der Waals surface area contributed by atoms with E-state index in [1.54, 1.807) is 0 Å². The molecule has 0 aromatic carbocycles. The highest BCUT2D eigenvalue weighted by molar-refractivity contribution is 4.84. The average molecular weight is 112 g/mol. The quantitative estimate of drug-likeness (QED) is 0.483. The molecule has 0 unspecified atom stereocenters. The van der Waals surface area contributed by atoms with Crippen molar-refractivity contribution in [3.63, 3.8) is 0 Å². The first-order valence-electron chi connectivity index (χ1n) is 3.31. The fraction of sp³-hybridized carbons (Fsp3) is 0.857. The molecule has 0 atom stereocenters. The van der Waals surface area contributed by atoms with E-state index in [2.05, 4.69) is 17.8 Å². The van der Waals surface area contributed by atoms with Crippen molar-refractivity contribution in [1.82, 2.24) is 0 Å². The highest BCUT2D eigenvalue weighted by Crippen LogP contribution is 1.90. The lowest BCUT2D eigenvalue weighted by molar-refractivity contribution is 0.826. The van der Waals surface area contributed by atoms with E-state index in [0.717, 1.165) is 13.0 Å². The molecule has 0 amide bonds. The maximum Gasteiger partial charge on any atom is 0.272 e. The molecule has 0 aliphatic rings. The summed E-state index contributed by atoms with van der Waals surface area (Å²) in [5.74, 6) is 0. The van der Waals surface area contributed by atoms with Crippen molar-refractivity contribution >= 4 is 0 Å². The lowest BCUT2D eigenvalue weighted by atomic mass is 10.3. The van der Waals surface area contributed by atoms with Gasteiger partial charge in [-0.3, -0.25) is 0 Å². The smallest absolute Gasteiger partial charge is 0.0840 e. The van der Waals surface area contributed by atoms with E-state index >= 15 is 0 Å². The molecule has 0 aliphatic carbocycles. The number of hydrogen-bond acceptors (Lipinski definition) is 0. The largest absolute Gasteiger partial charge is 0.272 e. The Labute approximate surface area is 51.5 Å². The minimum absolute atomic E-state index is 0.879. The van der Waals surface area contributed by atoms with Crippen LogP contribution in [-0.4, -0.2) is 6.54 Å². The maximum atomic E-state index is 3.96. The summed E-state index contributed by atoms with van der Waals surface area (Å²) in [6.45, 7) is 5.08. The van der Waals surface area contributed by atoms with Crippen molar-refractivity contribution < 1.29 is 0 Å². The molecule has 0 aliphatic heterocycles. The Morgan fingerprint density at radius 2 is 2.12 bits per heavy atom. The molecule has 1 heteroatoms. The molecule has 1 nitrogen and oxygen atoms in total. The van der Waals surface area contributed by atoms with E-state index in [0.29, 0.717) is 0 Å². The third-order valence-electron chi connectivity index (χ3n) is 0.912. The summed E-state index contributed by atoms with van der Waals surface area (Å²) in [6, 6.07) is 2.96. The average Bonchev–Trinajstić information content (AvgIpc) is 1.81. The maximum absolute atomic E-state index is 3.96. The van der Waals surface area contributed by atoms with Gasteiger partial charge >= 0.3 is 0 Å². The van der Waals surface area contributed by atoms with E-state index in [9.17, 15) is 0 Å². The zero-order chi connectivity index (χ0) is 6.24. The SMILES string of the molecule is CCCCC#[N+]CC. The minimum Gasteiger partial charge on any atom is -0.0840 e. The molecule has 8 heavy (non-hydrogen) atoms. The van der Waals surface area contributed by atoms with Crippen LogP contribution in [0.3, 0.4) is 0 Å². The molecule has 0 aromatic heterocycles. The summed E-state index contributed by atoms with van der Waals surface area (Å²) >= 11 is 0. The highest BCUT2D eigenvalue weighted by atomic mass is 14.6. The highest BCUT2D eigenvalue weighted by Gasteiger charge is 1.83. The van der Waals surface area contributed by atoms with Gasteiger partial charge in [0.25, 0.3) is 12.6 Å². The lowest BCUT2D eigenvalue weighted by Gasteiger charge is -1.75. The van der Waals surface area contributed by atoms with Crippen LogP contribution < -0.4 is 0 Å². The second-order valence-corrected chi connectivity index (χ2v) is 1.74. The number of rotatable bonds is 2. The van der Waals surface area contributed by atoms with E-state index in [1.807, 2.05) is 6.92 Å². The first-order valence-corrected chi connectivity index (χ1v) is 3.31. The Balaban J connectivity index is 2.90. The normalized spacial score (nSPS) is 7.75. The molecule has 0 saturated carbocycles. The summed E-state index contributed by atoms with van der Waals surface area (Å²) in [6.07, 6.45) is 3.50. The zero-order valence-corrected chi connectivity index (χ0v) is 5.78. The van der Waals surface area contributed by atoms with E-state index in [-0.39, 0.29) is 0 Å². The third-order valence-corrected chi connectivity index (χ3v) is 0.912. The van der Waals surface area contributed by atoms with Gasteiger partial charge in [0.05, 0.1) is 6.42 Å². The second-order valence-electron chi connectivity index (χ2n) is 1.74. The number of unbranched alkanes of at least 4 members (excludes halogenated alkanes) is 2. The molecule has 0 radical (unpaired) electrons. The van der Waals surface area contributed by atoms with Crippen molar-refractivity contribution in [1.29, 1.82) is 0 Å². The van der Waals surface area contributed by atoms with Gasteiger partial charge in [-0.15, -0.1) is 0 Å². The molecule has 0 N–H and O–H groups in total.